The normalized spacial score (nSPS) is 17.7. The Balaban J connectivity index is 1.60. The molecule has 0 unspecified atom stereocenters. The highest BCUT2D eigenvalue weighted by Gasteiger charge is 2.21. The van der Waals surface area contributed by atoms with Gasteiger partial charge in [-0.15, -0.1) is 10.2 Å². The molecule has 0 aromatic carbocycles. The molecule has 1 saturated heterocycles. The van der Waals surface area contributed by atoms with Gasteiger partial charge in [-0.1, -0.05) is 0 Å². The Hall–Kier alpha value is -0.980. The standard InChI is InChI=1S/C15H28N4O2/c1-13-16-17-15(21-13)5-3-9-19-10-6-14(7-11-19)18(2)8-4-12-20/h14,20H,3-12H2,1-2H3. The number of rotatable bonds is 8. The Morgan fingerprint density at radius 1 is 1.29 bits per heavy atom. The topological polar surface area (TPSA) is 65.6 Å². The third-order valence-electron chi connectivity index (χ3n) is 4.28. The lowest BCUT2D eigenvalue weighted by molar-refractivity contribution is 0.120. The predicted octanol–water partition coefficient (Wildman–Crippen LogP) is 1.09. The Kier molecular flexibility index (Phi) is 6.60. The molecule has 0 spiro atoms. The first kappa shape index (κ1) is 16.4. The van der Waals surface area contributed by atoms with Crippen molar-refractivity contribution in [3.63, 3.8) is 0 Å². The quantitative estimate of drug-likeness (QED) is 0.774. The van der Waals surface area contributed by atoms with E-state index in [1.807, 2.05) is 6.92 Å². The highest BCUT2D eigenvalue weighted by Crippen LogP contribution is 2.16. The van der Waals surface area contributed by atoms with Gasteiger partial charge in [0.05, 0.1) is 0 Å². The van der Waals surface area contributed by atoms with Gasteiger partial charge in [0, 0.05) is 32.5 Å². The number of hydrogen-bond acceptors (Lipinski definition) is 6. The van der Waals surface area contributed by atoms with E-state index >= 15 is 0 Å². The van der Waals surface area contributed by atoms with Crippen LogP contribution in [0.2, 0.25) is 0 Å². The lowest BCUT2D eigenvalue weighted by atomic mass is 10.0. The van der Waals surface area contributed by atoms with Gasteiger partial charge in [-0.3, -0.25) is 0 Å². The molecule has 0 aliphatic carbocycles. The van der Waals surface area contributed by atoms with E-state index in [1.54, 1.807) is 0 Å². The highest BCUT2D eigenvalue weighted by atomic mass is 16.4. The number of aliphatic hydroxyl groups excluding tert-OH is 1. The number of hydrogen-bond donors (Lipinski definition) is 1. The summed E-state index contributed by atoms with van der Waals surface area (Å²) in [5.74, 6) is 1.41. The van der Waals surface area contributed by atoms with Crippen molar-refractivity contribution in [3.05, 3.63) is 11.8 Å². The maximum Gasteiger partial charge on any atom is 0.216 e. The van der Waals surface area contributed by atoms with Crippen LogP contribution in [0.3, 0.4) is 0 Å². The van der Waals surface area contributed by atoms with E-state index in [4.69, 9.17) is 9.52 Å². The summed E-state index contributed by atoms with van der Waals surface area (Å²) in [4.78, 5) is 4.92. The first-order valence-electron chi connectivity index (χ1n) is 8.01. The van der Waals surface area contributed by atoms with Crippen molar-refractivity contribution in [2.45, 2.75) is 45.1 Å². The zero-order chi connectivity index (χ0) is 15.1. The van der Waals surface area contributed by atoms with Crippen LogP contribution >= 0.6 is 0 Å². The minimum Gasteiger partial charge on any atom is -0.426 e. The number of piperidine rings is 1. The zero-order valence-electron chi connectivity index (χ0n) is 13.3. The van der Waals surface area contributed by atoms with E-state index in [-0.39, 0.29) is 0 Å². The van der Waals surface area contributed by atoms with E-state index in [0.29, 0.717) is 18.5 Å². The predicted molar refractivity (Wildman–Crippen MR) is 81.2 cm³/mol. The molecule has 1 fully saturated rings. The molecule has 6 heteroatoms. The third-order valence-corrected chi connectivity index (χ3v) is 4.28. The fourth-order valence-corrected chi connectivity index (χ4v) is 2.98. The summed E-state index contributed by atoms with van der Waals surface area (Å²) in [5.41, 5.74) is 0. The van der Waals surface area contributed by atoms with E-state index in [2.05, 4.69) is 27.0 Å². The zero-order valence-corrected chi connectivity index (χ0v) is 13.3. The second-order valence-corrected chi connectivity index (χ2v) is 5.95. The highest BCUT2D eigenvalue weighted by molar-refractivity contribution is 4.81. The molecule has 120 valence electrons. The minimum absolute atomic E-state index is 0.290. The molecular formula is C15H28N4O2. The van der Waals surface area contributed by atoms with Crippen LogP contribution in [0.15, 0.2) is 4.42 Å². The molecule has 21 heavy (non-hydrogen) atoms. The number of likely N-dealkylation sites (tertiary alicyclic amines) is 1. The molecule has 2 rings (SSSR count). The monoisotopic (exact) mass is 296 g/mol. The second-order valence-electron chi connectivity index (χ2n) is 5.95. The van der Waals surface area contributed by atoms with Crippen LogP contribution in [0, 0.1) is 6.92 Å². The fraction of sp³-hybridized carbons (Fsp3) is 0.867. The van der Waals surface area contributed by atoms with Gasteiger partial charge in [0.15, 0.2) is 0 Å². The molecule has 0 radical (unpaired) electrons. The van der Waals surface area contributed by atoms with Crippen LogP contribution < -0.4 is 0 Å². The number of aliphatic hydroxyl groups is 1. The summed E-state index contributed by atoms with van der Waals surface area (Å²) in [6, 6.07) is 0.673. The lowest BCUT2D eigenvalue weighted by Gasteiger charge is -2.36. The largest absolute Gasteiger partial charge is 0.426 e. The summed E-state index contributed by atoms with van der Waals surface area (Å²) >= 11 is 0. The van der Waals surface area contributed by atoms with Crippen LogP contribution in [0.4, 0.5) is 0 Å². The van der Waals surface area contributed by atoms with Crippen molar-refractivity contribution in [2.75, 3.05) is 39.8 Å². The summed E-state index contributed by atoms with van der Waals surface area (Å²) in [6.45, 7) is 6.55. The van der Waals surface area contributed by atoms with Gasteiger partial charge in [0.25, 0.3) is 0 Å². The van der Waals surface area contributed by atoms with E-state index in [1.165, 1.54) is 12.8 Å². The maximum atomic E-state index is 8.90. The lowest BCUT2D eigenvalue weighted by Crippen LogP contribution is -2.44. The summed E-state index contributed by atoms with van der Waals surface area (Å²) in [7, 11) is 2.17. The van der Waals surface area contributed by atoms with Crippen molar-refractivity contribution < 1.29 is 9.52 Å². The molecule has 0 atom stereocenters. The average Bonchev–Trinajstić information content (AvgIpc) is 2.91. The van der Waals surface area contributed by atoms with Crippen LogP contribution in [0.1, 0.15) is 37.5 Å². The van der Waals surface area contributed by atoms with Gasteiger partial charge >= 0.3 is 0 Å². The molecule has 6 nitrogen and oxygen atoms in total. The summed E-state index contributed by atoms with van der Waals surface area (Å²) in [6.07, 6.45) is 5.27. The second kappa shape index (κ2) is 8.46. The van der Waals surface area contributed by atoms with Crippen molar-refractivity contribution in [1.29, 1.82) is 0 Å². The average molecular weight is 296 g/mol. The molecule has 1 aliphatic rings. The van der Waals surface area contributed by atoms with Gasteiger partial charge in [-0.25, -0.2) is 0 Å². The van der Waals surface area contributed by atoms with Crippen LogP contribution in [0.25, 0.3) is 0 Å². The molecule has 0 saturated carbocycles. The molecule has 2 heterocycles. The molecular weight excluding hydrogens is 268 g/mol. The first-order valence-corrected chi connectivity index (χ1v) is 8.01. The molecule has 1 aliphatic heterocycles. The van der Waals surface area contributed by atoms with E-state index in [9.17, 15) is 0 Å². The van der Waals surface area contributed by atoms with Gasteiger partial charge < -0.3 is 19.3 Å². The Bertz CT molecular complexity index is 402. The third kappa shape index (κ3) is 5.37. The van der Waals surface area contributed by atoms with Crippen LogP contribution in [0.5, 0.6) is 0 Å². The van der Waals surface area contributed by atoms with Gasteiger partial charge in [0.2, 0.25) is 11.8 Å². The van der Waals surface area contributed by atoms with Crippen LogP contribution in [-0.2, 0) is 6.42 Å². The van der Waals surface area contributed by atoms with E-state index in [0.717, 1.165) is 51.3 Å². The Labute approximate surface area is 127 Å². The summed E-state index contributed by atoms with van der Waals surface area (Å²) < 4.78 is 5.39. The van der Waals surface area contributed by atoms with Gasteiger partial charge in [-0.2, -0.15) is 0 Å². The van der Waals surface area contributed by atoms with Gasteiger partial charge in [0.1, 0.15) is 0 Å². The van der Waals surface area contributed by atoms with Crippen molar-refractivity contribution in [3.8, 4) is 0 Å². The SMILES string of the molecule is Cc1nnc(CCCN2CCC(N(C)CCCO)CC2)o1. The minimum atomic E-state index is 0.290. The van der Waals surface area contributed by atoms with E-state index < -0.39 is 0 Å². The maximum absolute atomic E-state index is 8.90. The molecule has 0 bridgehead atoms. The van der Waals surface area contributed by atoms with Crippen molar-refractivity contribution >= 4 is 0 Å². The molecule has 1 aromatic rings. The smallest absolute Gasteiger partial charge is 0.216 e. The number of aryl methyl sites for hydroxylation is 2. The van der Waals surface area contributed by atoms with Crippen molar-refractivity contribution in [1.82, 2.24) is 20.0 Å². The number of aromatic nitrogens is 2. The Morgan fingerprint density at radius 2 is 2.05 bits per heavy atom. The van der Waals surface area contributed by atoms with Crippen LogP contribution in [-0.4, -0.2) is 71.0 Å². The summed E-state index contributed by atoms with van der Waals surface area (Å²) in [5, 5.41) is 16.8. The fourth-order valence-electron chi connectivity index (χ4n) is 2.98. The number of nitrogens with zero attached hydrogens (tertiary/aromatic N) is 4. The van der Waals surface area contributed by atoms with Gasteiger partial charge in [-0.05, 0) is 52.4 Å². The molecule has 1 aromatic heterocycles. The van der Waals surface area contributed by atoms with Crippen molar-refractivity contribution in [2.24, 2.45) is 0 Å². The Morgan fingerprint density at radius 3 is 2.67 bits per heavy atom. The molecule has 0 amide bonds. The first-order chi connectivity index (χ1) is 10.2. The molecule has 1 N–H and O–H groups in total.